The molecule has 0 bridgehead atoms. The fourth-order valence-electron chi connectivity index (χ4n) is 8.15. The van der Waals surface area contributed by atoms with Crippen LogP contribution < -0.4 is 4.90 Å². The lowest BCUT2D eigenvalue weighted by atomic mass is 9.93. The number of hydrogen-bond acceptors (Lipinski definition) is 5. The number of anilines is 2. The molecular weight excluding hydrogens is 699 g/mol. The third-order valence-electron chi connectivity index (χ3n) is 10.8. The van der Waals surface area contributed by atoms with E-state index in [4.69, 9.17) is 25.9 Å². The van der Waals surface area contributed by atoms with Crippen LogP contribution in [0.1, 0.15) is 16.8 Å². The third kappa shape index (κ3) is 5.38. The van der Waals surface area contributed by atoms with E-state index >= 15 is 0 Å². The Kier molecular flexibility index (Phi) is 7.54. The second-order valence-electron chi connectivity index (χ2n) is 14.1. The van der Waals surface area contributed by atoms with Crippen molar-refractivity contribution in [1.82, 2.24) is 19.5 Å². The number of furan rings is 1. The van der Waals surface area contributed by atoms with E-state index in [0.717, 1.165) is 89.0 Å². The fourth-order valence-corrected chi connectivity index (χ4v) is 8.15. The SMILES string of the molecule is C=C1c2ccccc2N(c2ccccc2)/C=C\c2c1c1c3oc4ccccc4c3ccc1n2-c1cccc(-c2nc(-c3ccccc3)nc(-c3ccccc3)n2)c1. The number of para-hydroxylation sites is 3. The Balaban J connectivity index is 1.18. The summed E-state index contributed by atoms with van der Waals surface area (Å²) in [5.74, 6) is 1.83. The first-order valence-electron chi connectivity index (χ1n) is 19.0. The topological polar surface area (TPSA) is 60.0 Å². The number of fused-ring (bicyclic) bond motifs is 8. The van der Waals surface area contributed by atoms with Crippen molar-refractivity contribution in [2.24, 2.45) is 0 Å². The van der Waals surface area contributed by atoms with E-state index in [1.54, 1.807) is 0 Å². The number of rotatable bonds is 5. The average Bonchev–Trinajstić information content (AvgIpc) is 3.82. The van der Waals surface area contributed by atoms with Crippen LogP contribution in [0, 0.1) is 0 Å². The van der Waals surface area contributed by atoms with E-state index in [-0.39, 0.29) is 0 Å². The van der Waals surface area contributed by atoms with Crippen LogP contribution in [0.25, 0.3) is 84.3 Å². The minimum absolute atomic E-state index is 0.590. The molecule has 0 aliphatic carbocycles. The maximum atomic E-state index is 6.77. The highest BCUT2D eigenvalue weighted by atomic mass is 16.3. The van der Waals surface area contributed by atoms with Crippen LogP contribution in [-0.2, 0) is 0 Å². The summed E-state index contributed by atoms with van der Waals surface area (Å²) in [6, 6.07) is 60.1. The van der Waals surface area contributed by atoms with E-state index in [0.29, 0.717) is 17.5 Å². The zero-order valence-corrected chi connectivity index (χ0v) is 30.7. The molecule has 0 radical (unpaired) electrons. The second-order valence-corrected chi connectivity index (χ2v) is 14.1. The first-order chi connectivity index (χ1) is 28.2. The van der Waals surface area contributed by atoms with Crippen molar-refractivity contribution >= 4 is 55.9 Å². The molecule has 0 spiro atoms. The molecule has 6 heteroatoms. The van der Waals surface area contributed by atoms with Crippen LogP contribution in [-0.4, -0.2) is 19.5 Å². The Morgan fingerprint density at radius 3 is 1.84 bits per heavy atom. The van der Waals surface area contributed by atoms with Gasteiger partial charge in [-0.05, 0) is 60.2 Å². The summed E-state index contributed by atoms with van der Waals surface area (Å²) in [6.45, 7) is 4.84. The van der Waals surface area contributed by atoms with Crippen LogP contribution in [0.2, 0.25) is 0 Å². The molecule has 0 amide bonds. The normalized spacial score (nSPS) is 13.1. The first kappa shape index (κ1) is 32.6. The lowest BCUT2D eigenvalue weighted by molar-refractivity contribution is 0.672. The molecule has 1 aliphatic rings. The highest BCUT2D eigenvalue weighted by Gasteiger charge is 2.28. The molecule has 1 aliphatic heterocycles. The molecule has 11 rings (SSSR count). The van der Waals surface area contributed by atoms with Crippen LogP contribution in [0.3, 0.4) is 0 Å². The zero-order valence-electron chi connectivity index (χ0n) is 30.7. The standard InChI is InChI=1S/C51H33N5O/c1-33-39-24-11-13-26-42(39)55(37-21-9-4-10-22-37)31-30-44-46(33)47-43(29-28-41-40-25-12-14-27-45(40)57-48(41)47)56(44)38-23-15-20-36(32-38)51-53-49(34-16-5-2-6-17-34)52-50(54-51)35-18-7-3-8-19-35/h2-32H,1H2/b31-30-. The molecule has 0 unspecified atom stereocenters. The van der Waals surface area contributed by atoms with Crippen LogP contribution in [0.15, 0.2) is 193 Å². The predicted octanol–water partition coefficient (Wildman–Crippen LogP) is 12.9. The molecule has 10 aromatic rings. The molecule has 0 N–H and O–H groups in total. The van der Waals surface area contributed by atoms with Crippen molar-refractivity contribution in [1.29, 1.82) is 0 Å². The first-order valence-corrected chi connectivity index (χ1v) is 19.0. The van der Waals surface area contributed by atoms with Crippen LogP contribution in [0.4, 0.5) is 11.4 Å². The smallest absolute Gasteiger partial charge is 0.164 e. The minimum Gasteiger partial charge on any atom is -0.455 e. The van der Waals surface area contributed by atoms with Gasteiger partial charge in [0.25, 0.3) is 0 Å². The van der Waals surface area contributed by atoms with Crippen LogP contribution in [0.5, 0.6) is 0 Å². The van der Waals surface area contributed by atoms with Crippen molar-refractivity contribution in [3.05, 3.63) is 206 Å². The summed E-state index contributed by atoms with van der Waals surface area (Å²) in [7, 11) is 0. The summed E-state index contributed by atoms with van der Waals surface area (Å²) in [5, 5.41) is 3.16. The summed E-state index contributed by atoms with van der Waals surface area (Å²) in [4.78, 5) is 17.3. The minimum atomic E-state index is 0.590. The monoisotopic (exact) mass is 731 g/mol. The molecule has 57 heavy (non-hydrogen) atoms. The maximum absolute atomic E-state index is 6.77. The van der Waals surface area contributed by atoms with Crippen molar-refractivity contribution in [3.8, 4) is 39.9 Å². The largest absolute Gasteiger partial charge is 0.455 e. The molecule has 0 saturated carbocycles. The molecule has 6 nitrogen and oxygen atoms in total. The van der Waals surface area contributed by atoms with E-state index < -0.39 is 0 Å². The quantitative estimate of drug-likeness (QED) is 0.176. The van der Waals surface area contributed by atoms with Crippen LogP contribution >= 0.6 is 0 Å². The Morgan fingerprint density at radius 1 is 0.509 bits per heavy atom. The highest BCUT2D eigenvalue weighted by Crippen LogP contribution is 2.47. The van der Waals surface area contributed by atoms with Gasteiger partial charge in [0.05, 0.1) is 22.3 Å². The van der Waals surface area contributed by atoms with Crippen molar-refractivity contribution in [2.75, 3.05) is 4.90 Å². The van der Waals surface area contributed by atoms with E-state index in [2.05, 4.69) is 119 Å². The van der Waals surface area contributed by atoms with Gasteiger partial charge in [-0.1, -0.05) is 134 Å². The maximum Gasteiger partial charge on any atom is 0.164 e. The van der Waals surface area contributed by atoms with Gasteiger partial charge in [-0.2, -0.15) is 0 Å². The zero-order chi connectivity index (χ0) is 37.9. The number of hydrogen-bond donors (Lipinski definition) is 0. The average molecular weight is 732 g/mol. The van der Waals surface area contributed by atoms with Gasteiger partial charge in [0.2, 0.25) is 0 Å². The van der Waals surface area contributed by atoms with Gasteiger partial charge in [-0.15, -0.1) is 0 Å². The Morgan fingerprint density at radius 2 is 1.11 bits per heavy atom. The Hall–Kier alpha value is -7.83. The van der Waals surface area contributed by atoms with Gasteiger partial charge < -0.3 is 13.9 Å². The van der Waals surface area contributed by atoms with Crippen molar-refractivity contribution in [2.45, 2.75) is 0 Å². The number of nitrogens with zero attached hydrogens (tertiary/aromatic N) is 5. The van der Waals surface area contributed by atoms with Crippen molar-refractivity contribution in [3.63, 3.8) is 0 Å². The molecular formula is C51H33N5O. The summed E-state index contributed by atoms with van der Waals surface area (Å²) in [6.07, 6.45) is 4.37. The molecule has 0 atom stereocenters. The highest BCUT2D eigenvalue weighted by molar-refractivity contribution is 6.19. The van der Waals surface area contributed by atoms with Gasteiger partial charge in [-0.3, -0.25) is 0 Å². The van der Waals surface area contributed by atoms with Gasteiger partial charge >= 0.3 is 0 Å². The summed E-state index contributed by atoms with van der Waals surface area (Å²) in [5.41, 5.74) is 12.4. The summed E-state index contributed by atoms with van der Waals surface area (Å²) < 4.78 is 9.08. The number of benzene rings is 7. The molecule has 3 aromatic heterocycles. The summed E-state index contributed by atoms with van der Waals surface area (Å²) >= 11 is 0. The van der Waals surface area contributed by atoms with Crippen molar-refractivity contribution < 1.29 is 4.42 Å². The van der Waals surface area contributed by atoms with Gasteiger partial charge in [-0.25, -0.2) is 15.0 Å². The fraction of sp³-hybridized carbons (Fsp3) is 0. The Bertz CT molecular complexity index is 3140. The lowest BCUT2D eigenvalue weighted by Gasteiger charge is -2.26. The molecule has 7 aromatic carbocycles. The lowest BCUT2D eigenvalue weighted by Crippen LogP contribution is -2.13. The molecule has 0 fully saturated rings. The predicted molar refractivity (Wildman–Crippen MR) is 232 cm³/mol. The number of aromatic nitrogens is 4. The Labute approximate surface area is 329 Å². The molecule has 268 valence electrons. The van der Waals surface area contributed by atoms with Gasteiger partial charge in [0.15, 0.2) is 17.5 Å². The third-order valence-corrected chi connectivity index (χ3v) is 10.8. The van der Waals surface area contributed by atoms with Gasteiger partial charge in [0.1, 0.15) is 11.2 Å². The second kappa shape index (κ2) is 13.2. The van der Waals surface area contributed by atoms with Gasteiger partial charge in [0, 0.05) is 56.2 Å². The molecule has 4 heterocycles. The van der Waals surface area contributed by atoms with E-state index in [1.165, 1.54) is 0 Å². The molecule has 0 saturated heterocycles. The van der Waals surface area contributed by atoms with E-state index in [1.807, 2.05) is 78.9 Å². The van der Waals surface area contributed by atoms with E-state index in [9.17, 15) is 0 Å².